The van der Waals surface area contributed by atoms with Crippen LogP contribution in [0.3, 0.4) is 0 Å². The van der Waals surface area contributed by atoms with Gasteiger partial charge in [0.25, 0.3) is 0 Å². The molecule has 7 heteroatoms. The molecule has 0 saturated carbocycles. The van der Waals surface area contributed by atoms with Crippen molar-refractivity contribution < 1.29 is 46.7 Å². The zero-order valence-electron chi connectivity index (χ0n) is 12.0. The van der Waals surface area contributed by atoms with Crippen molar-refractivity contribution >= 4 is 23.0 Å². The van der Waals surface area contributed by atoms with Gasteiger partial charge in [-0.2, -0.15) is 12.6 Å². The monoisotopic (exact) mass is 320 g/mol. The van der Waals surface area contributed by atoms with E-state index in [-0.39, 0.29) is 36.2 Å². The Labute approximate surface area is 145 Å². The molecule has 110 valence electrons. The molecule has 0 radical (unpaired) electrons. The third kappa shape index (κ3) is 21.7. The van der Waals surface area contributed by atoms with Gasteiger partial charge in [-0.05, 0) is 18.6 Å². The summed E-state index contributed by atoms with van der Waals surface area (Å²) in [6, 6.07) is 0. The van der Waals surface area contributed by atoms with Crippen molar-refractivity contribution in [1.29, 1.82) is 0 Å². The Balaban J connectivity index is 0. The fraction of sp³-hybridized carbons (Fsp3) is 1.00. The van der Waals surface area contributed by atoms with Crippen molar-refractivity contribution in [3.8, 4) is 0 Å². The predicted molar refractivity (Wildman–Crippen MR) is 75.7 cm³/mol. The third-order valence-corrected chi connectivity index (χ3v) is 3.55. The predicted octanol–water partition coefficient (Wildman–Crippen LogP) is 0.298. The fourth-order valence-corrected chi connectivity index (χ4v) is 2.33. The molecule has 0 unspecified atom stereocenters. The van der Waals surface area contributed by atoms with E-state index in [1.54, 1.807) is 0 Å². The number of thiol groups is 1. The maximum absolute atomic E-state index is 10.1. The summed E-state index contributed by atoms with van der Waals surface area (Å²) in [7, 11) is -4.49. The van der Waals surface area contributed by atoms with Gasteiger partial charge >= 0.3 is 29.6 Å². The van der Waals surface area contributed by atoms with E-state index in [1.165, 1.54) is 44.9 Å². The van der Waals surface area contributed by atoms with E-state index in [0.717, 1.165) is 18.6 Å². The molecule has 0 saturated heterocycles. The van der Waals surface area contributed by atoms with Crippen LogP contribution in [0.4, 0.5) is 0 Å². The summed E-state index contributed by atoms with van der Waals surface area (Å²) < 4.78 is 34.5. The average molecular weight is 320 g/mol. The maximum atomic E-state index is 10.1. The van der Waals surface area contributed by atoms with Gasteiger partial charge in [-0.25, -0.2) is 8.42 Å². The first-order valence-electron chi connectivity index (χ1n) is 6.77. The SMILES string of the molecule is O=S(=O)([O-])OCCCCCCCCCCCCS.[Na+]. The molecule has 0 spiro atoms. The second-order valence-corrected chi connectivity index (χ2v) is 5.99. The van der Waals surface area contributed by atoms with Crippen LogP contribution in [-0.4, -0.2) is 25.3 Å². The fourth-order valence-electron chi connectivity index (χ4n) is 1.79. The summed E-state index contributed by atoms with van der Waals surface area (Å²) in [6.45, 7) is 0.0234. The number of rotatable bonds is 13. The molecule has 0 aromatic heterocycles. The van der Waals surface area contributed by atoms with Crippen LogP contribution in [0, 0.1) is 0 Å². The molecular weight excluding hydrogens is 295 g/mol. The van der Waals surface area contributed by atoms with Crippen molar-refractivity contribution in [1.82, 2.24) is 0 Å². The van der Waals surface area contributed by atoms with Crippen molar-refractivity contribution in [2.45, 2.75) is 64.2 Å². The van der Waals surface area contributed by atoms with Crippen molar-refractivity contribution in [2.75, 3.05) is 12.4 Å². The van der Waals surface area contributed by atoms with E-state index in [1.807, 2.05) is 0 Å². The van der Waals surface area contributed by atoms with Gasteiger partial charge in [0.1, 0.15) is 0 Å². The quantitative estimate of drug-likeness (QED) is 0.174. The molecule has 0 aromatic rings. The summed E-state index contributed by atoms with van der Waals surface area (Å²) in [5, 5.41) is 0. The average Bonchev–Trinajstić information content (AvgIpc) is 2.29. The molecule has 0 fully saturated rings. The zero-order valence-corrected chi connectivity index (χ0v) is 15.7. The second kappa shape index (κ2) is 15.6. The summed E-state index contributed by atoms with van der Waals surface area (Å²) in [5.41, 5.74) is 0. The topological polar surface area (TPSA) is 66.4 Å². The standard InChI is InChI=1S/C12H26O4S2.Na/c13-18(14,15)16-11-9-7-5-3-1-2-4-6-8-10-12-17;/h17H,1-12H2,(H,13,14,15);/q;+1/p-1. The molecule has 0 aromatic carbocycles. The first-order valence-corrected chi connectivity index (χ1v) is 8.74. The van der Waals surface area contributed by atoms with Crippen LogP contribution < -0.4 is 29.6 Å². The first kappa shape index (κ1) is 22.5. The zero-order chi connectivity index (χ0) is 13.7. The molecule has 0 amide bonds. The molecule has 0 bridgehead atoms. The van der Waals surface area contributed by atoms with Crippen LogP contribution in [-0.2, 0) is 14.6 Å². The molecule has 0 aliphatic heterocycles. The molecule has 0 aliphatic rings. The van der Waals surface area contributed by atoms with E-state index in [2.05, 4.69) is 16.8 Å². The van der Waals surface area contributed by atoms with Crippen molar-refractivity contribution in [3.05, 3.63) is 0 Å². The van der Waals surface area contributed by atoms with Gasteiger partial charge in [-0.3, -0.25) is 4.18 Å². The Kier molecular flexibility index (Phi) is 18.5. The molecule has 4 nitrogen and oxygen atoms in total. The Hall–Kier alpha value is 1.22. The van der Waals surface area contributed by atoms with Gasteiger partial charge in [0, 0.05) is 0 Å². The number of hydrogen-bond donors (Lipinski definition) is 1. The van der Waals surface area contributed by atoms with Gasteiger partial charge < -0.3 is 4.55 Å². The largest absolute Gasteiger partial charge is 1.00 e. The minimum atomic E-state index is -4.49. The minimum Gasteiger partial charge on any atom is -0.726 e. The van der Waals surface area contributed by atoms with E-state index >= 15 is 0 Å². The third-order valence-electron chi connectivity index (χ3n) is 2.78. The number of unbranched alkanes of at least 4 members (excludes halogenated alkanes) is 9. The molecule has 19 heavy (non-hydrogen) atoms. The van der Waals surface area contributed by atoms with Gasteiger partial charge in [0.15, 0.2) is 0 Å². The van der Waals surface area contributed by atoms with E-state index in [4.69, 9.17) is 0 Å². The summed E-state index contributed by atoms with van der Waals surface area (Å²) in [5.74, 6) is 0.987. The molecule has 0 atom stereocenters. The molecule has 0 heterocycles. The van der Waals surface area contributed by atoms with Gasteiger partial charge in [-0.1, -0.05) is 51.4 Å². The molecule has 0 aliphatic carbocycles. The van der Waals surface area contributed by atoms with Crippen LogP contribution in [0.25, 0.3) is 0 Å². The Morgan fingerprint density at radius 3 is 1.53 bits per heavy atom. The van der Waals surface area contributed by atoms with Crippen LogP contribution >= 0.6 is 12.6 Å². The van der Waals surface area contributed by atoms with E-state index in [9.17, 15) is 13.0 Å². The molecular formula is C12H25NaO4S2. The van der Waals surface area contributed by atoms with E-state index in [0.29, 0.717) is 6.42 Å². The smallest absolute Gasteiger partial charge is 0.726 e. The normalized spacial score (nSPS) is 11.3. The van der Waals surface area contributed by atoms with Gasteiger partial charge in [0.05, 0.1) is 6.61 Å². The maximum Gasteiger partial charge on any atom is 1.00 e. The molecule has 0 N–H and O–H groups in total. The van der Waals surface area contributed by atoms with Gasteiger partial charge in [-0.15, -0.1) is 0 Å². The Morgan fingerprint density at radius 1 is 0.789 bits per heavy atom. The van der Waals surface area contributed by atoms with Gasteiger partial charge in [0.2, 0.25) is 10.4 Å². The van der Waals surface area contributed by atoms with Crippen molar-refractivity contribution in [3.63, 3.8) is 0 Å². The van der Waals surface area contributed by atoms with Crippen LogP contribution in [0.5, 0.6) is 0 Å². The van der Waals surface area contributed by atoms with Crippen LogP contribution in [0.15, 0.2) is 0 Å². The summed E-state index contributed by atoms with van der Waals surface area (Å²) in [6.07, 6.45) is 11.4. The van der Waals surface area contributed by atoms with Crippen LogP contribution in [0.2, 0.25) is 0 Å². The summed E-state index contributed by atoms with van der Waals surface area (Å²) >= 11 is 4.17. The summed E-state index contributed by atoms with van der Waals surface area (Å²) in [4.78, 5) is 0. The Bertz CT molecular complexity index is 271. The Morgan fingerprint density at radius 2 is 1.16 bits per heavy atom. The second-order valence-electron chi connectivity index (χ2n) is 4.49. The molecule has 0 rings (SSSR count). The minimum absolute atomic E-state index is 0. The van der Waals surface area contributed by atoms with Crippen molar-refractivity contribution in [2.24, 2.45) is 0 Å². The van der Waals surface area contributed by atoms with Crippen LogP contribution in [0.1, 0.15) is 64.2 Å². The number of hydrogen-bond acceptors (Lipinski definition) is 5. The van der Waals surface area contributed by atoms with E-state index < -0.39 is 10.4 Å². The first-order chi connectivity index (χ1) is 8.56.